The predicted octanol–water partition coefficient (Wildman–Crippen LogP) is 4.31. The van der Waals surface area contributed by atoms with Crippen LogP contribution in [0.4, 0.5) is 4.39 Å². The number of rotatable bonds is 6. The van der Waals surface area contributed by atoms with Gasteiger partial charge < -0.3 is 5.32 Å². The summed E-state index contributed by atoms with van der Waals surface area (Å²) in [6.45, 7) is 0.531. The van der Waals surface area contributed by atoms with Crippen LogP contribution in [0.3, 0.4) is 0 Å². The highest BCUT2D eigenvalue weighted by atomic mass is 79.9. The van der Waals surface area contributed by atoms with Crippen LogP contribution in [0.2, 0.25) is 0 Å². The van der Waals surface area contributed by atoms with E-state index in [-0.39, 0.29) is 11.5 Å². The molecule has 2 nitrogen and oxygen atoms in total. The molecule has 0 radical (unpaired) electrons. The fourth-order valence-electron chi connectivity index (χ4n) is 1.57. The predicted molar refractivity (Wildman–Crippen MR) is 86.9 cm³/mol. The number of nitrogens with one attached hydrogen (secondary N) is 1. The highest BCUT2D eigenvalue weighted by Gasteiger charge is 2.10. The molecule has 6 heteroatoms. The maximum atomic E-state index is 13.6. The van der Waals surface area contributed by atoms with Gasteiger partial charge in [-0.25, -0.2) is 4.39 Å². The van der Waals surface area contributed by atoms with Crippen molar-refractivity contribution < 1.29 is 9.18 Å². The van der Waals surface area contributed by atoms with Gasteiger partial charge in [0.2, 0.25) is 0 Å². The molecule has 1 aromatic carbocycles. The fourth-order valence-corrected chi connectivity index (χ4v) is 3.48. The van der Waals surface area contributed by atoms with Crippen LogP contribution in [0, 0.1) is 5.82 Å². The molecule has 0 fully saturated rings. The summed E-state index contributed by atoms with van der Waals surface area (Å²) in [5.41, 5.74) is 1.38. The van der Waals surface area contributed by atoms with Crippen molar-refractivity contribution in [3.63, 3.8) is 0 Å². The standard InChI is InChI=1S/C14H13BrFNOS2/c15-11-1-2-12(13(16)7-11)14(18)17-4-6-20-9-10-3-5-19-8-10/h1-3,5,7-8H,4,6,9H2,(H,17,18). The molecule has 2 aromatic rings. The molecule has 1 amide bonds. The van der Waals surface area contributed by atoms with Gasteiger partial charge in [-0.3, -0.25) is 4.79 Å². The van der Waals surface area contributed by atoms with E-state index in [0.717, 1.165) is 11.5 Å². The SMILES string of the molecule is O=C(NCCSCc1ccsc1)c1ccc(Br)cc1F. The zero-order chi connectivity index (χ0) is 14.4. The number of benzene rings is 1. The van der Waals surface area contributed by atoms with E-state index in [2.05, 4.69) is 32.7 Å². The van der Waals surface area contributed by atoms with Crippen molar-refractivity contribution in [1.82, 2.24) is 5.32 Å². The Morgan fingerprint density at radius 3 is 2.95 bits per heavy atom. The molecule has 0 aliphatic carbocycles. The first-order valence-electron chi connectivity index (χ1n) is 5.99. The van der Waals surface area contributed by atoms with E-state index in [1.54, 1.807) is 29.2 Å². The number of hydrogen-bond donors (Lipinski definition) is 1. The Morgan fingerprint density at radius 1 is 1.40 bits per heavy atom. The average molecular weight is 374 g/mol. The first-order valence-corrected chi connectivity index (χ1v) is 8.88. The van der Waals surface area contributed by atoms with Crippen LogP contribution in [0.5, 0.6) is 0 Å². The summed E-state index contributed by atoms with van der Waals surface area (Å²) in [7, 11) is 0. The first-order chi connectivity index (χ1) is 9.66. The minimum Gasteiger partial charge on any atom is -0.351 e. The fraction of sp³-hybridized carbons (Fsp3) is 0.214. The molecule has 1 N–H and O–H groups in total. The third-order valence-electron chi connectivity index (χ3n) is 2.56. The number of hydrogen-bond acceptors (Lipinski definition) is 3. The summed E-state index contributed by atoms with van der Waals surface area (Å²) in [5.74, 6) is 0.861. The number of thiophene rings is 1. The average Bonchev–Trinajstić information content (AvgIpc) is 2.91. The number of carbonyl (C=O) groups excluding carboxylic acids is 1. The summed E-state index contributed by atoms with van der Waals surface area (Å²) in [4.78, 5) is 11.8. The molecule has 0 aliphatic heterocycles. The van der Waals surface area contributed by atoms with Crippen molar-refractivity contribution in [3.05, 3.63) is 56.4 Å². The van der Waals surface area contributed by atoms with Gasteiger partial charge in [-0.15, -0.1) is 0 Å². The maximum absolute atomic E-state index is 13.6. The van der Waals surface area contributed by atoms with Crippen molar-refractivity contribution in [2.24, 2.45) is 0 Å². The molecule has 1 aromatic heterocycles. The molecule has 1 heterocycles. The van der Waals surface area contributed by atoms with Crippen LogP contribution < -0.4 is 5.32 Å². The van der Waals surface area contributed by atoms with E-state index in [9.17, 15) is 9.18 Å². The maximum Gasteiger partial charge on any atom is 0.254 e. The highest BCUT2D eigenvalue weighted by Crippen LogP contribution is 2.16. The molecule has 0 spiro atoms. The van der Waals surface area contributed by atoms with Gasteiger partial charge in [0.25, 0.3) is 5.91 Å². The second-order valence-electron chi connectivity index (χ2n) is 4.06. The minimum atomic E-state index is -0.511. The molecule has 0 bridgehead atoms. The lowest BCUT2D eigenvalue weighted by atomic mass is 10.2. The van der Waals surface area contributed by atoms with E-state index >= 15 is 0 Å². The van der Waals surface area contributed by atoms with Crippen LogP contribution in [-0.2, 0) is 5.75 Å². The Hall–Kier alpha value is -0.850. The van der Waals surface area contributed by atoms with Crippen molar-refractivity contribution in [2.75, 3.05) is 12.3 Å². The summed E-state index contributed by atoms with van der Waals surface area (Å²) < 4.78 is 14.2. The molecule has 106 valence electrons. The zero-order valence-electron chi connectivity index (χ0n) is 10.6. The topological polar surface area (TPSA) is 29.1 Å². The van der Waals surface area contributed by atoms with Crippen molar-refractivity contribution in [1.29, 1.82) is 0 Å². The molecular formula is C14H13BrFNOS2. The minimum absolute atomic E-state index is 0.0797. The number of thioether (sulfide) groups is 1. The van der Waals surface area contributed by atoms with Gasteiger partial charge in [0, 0.05) is 22.5 Å². The van der Waals surface area contributed by atoms with Gasteiger partial charge in [-0.05, 0) is 40.6 Å². The molecular weight excluding hydrogens is 361 g/mol. The Morgan fingerprint density at radius 2 is 2.25 bits per heavy atom. The van der Waals surface area contributed by atoms with Crippen LogP contribution >= 0.6 is 39.0 Å². The van der Waals surface area contributed by atoms with Crippen molar-refractivity contribution in [2.45, 2.75) is 5.75 Å². The summed E-state index contributed by atoms with van der Waals surface area (Å²) in [5, 5.41) is 6.89. The summed E-state index contributed by atoms with van der Waals surface area (Å²) in [6.07, 6.45) is 0. The second-order valence-corrected chi connectivity index (χ2v) is 6.87. The zero-order valence-corrected chi connectivity index (χ0v) is 13.8. The van der Waals surface area contributed by atoms with E-state index in [4.69, 9.17) is 0 Å². The molecule has 0 saturated carbocycles. The summed E-state index contributed by atoms with van der Waals surface area (Å²) in [6, 6.07) is 6.52. The lowest BCUT2D eigenvalue weighted by molar-refractivity contribution is 0.0952. The van der Waals surface area contributed by atoms with Gasteiger partial charge in [-0.1, -0.05) is 15.9 Å². The monoisotopic (exact) mass is 373 g/mol. The number of carbonyl (C=O) groups is 1. The lowest BCUT2D eigenvalue weighted by Crippen LogP contribution is -2.26. The van der Waals surface area contributed by atoms with E-state index in [1.807, 2.05) is 5.38 Å². The van der Waals surface area contributed by atoms with Gasteiger partial charge in [0.15, 0.2) is 0 Å². The summed E-state index contributed by atoms with van der Waals surface area (Å²) >= 11 is 6.59. The number of amides is 1. The Balaban J connectivity index is 1.72. The van der Waals surface area contributed by atoms with Gasteiger partial charge in [0.05, 0.1) is 5.56 Å². The third kappa shape index (κ3) is 4.61. The lowest BCUT2D eigenvalue weighted by Gasteiger charge is -2.06. The van der Waals surface area contributed by atoms with Gasteiger partial charge in [0.1, 0.15) is 5.82 Å². The molecule has 0 aliphatic rings. The molecule has 0 unspecified atom stereocenters. The van der Waals surface area contributed by atoms with E-state index < -0.39 is 5.82 Å². The molecule has 0 saturated heterocycles. The van der Waals surface area contributed by atoms with Crippen LogP contribution in [-0.4, -0.2) is 18.2 Å². The first kappa shape index (κ1) is 15.5. The van der Waals surface area contributed by atoms with Crippen molar-refractivity contribution >= 4 is 44.9 Å². The van der Waals surface area contributed by atoms with Gasteiger partial charge >= 0.3 is 0 Å². The Kier molecular flexibility index (Phi) is 6.06. The van der Waals surface area contributed by atoms with Gasteiger partial charge in [-0.2, -0.15) is 23.1 Å². The molecule has 2 rings (SSSR count). The second kappa shape index (κ2) is 7.81. The number of halogens is 2. The normalized spacial score (nSPS) is 10.5. The Labute approximate surface area is 133 Å². The Bertz CT molecular complexity index is 575. The third-order valence-corrected chi connectivity index (χ3v) is 4.81. The van der Waals surface area contributed by atoms with E-state index in [1.165, 1.54) is 17.7 Å². The largest absolute Gasteiger partial charge is 0.351 e. The molecule has 20 heavy (non-hydrogen) atoms. The molecule has 0 atom stereocenters. The smallest absolute Gasteiger partial charge is 0.254 e. The van der Waals surface area contributed by atoms with E-state index in [0.29, 0.717) is 11.0 Å². The van der Waals surface area contributed by atoms with Crippen LogP contribution in [0.15, 0.2) is 39.5 Å². The van der Waals surface area contributed by atoms with Crippen molar-refractivity contribution in [3.8, 4) is 0 Å². The highest BCUT2D eigenvalue weighted by molar-refractivity contribution is 9.10. The quantitative estimate of drug-likeness (QED) is 0.764. The van der Waals surface area contributed by atoms with Crippen LogP contribution in [0.25, 0.3) is 0 Å². The van der Waals surface area contributed by atoms with Crippen LogP contribution in [0.1, 0.15) is 15.9 Å².